The molecule has 4 nitrogen and oxygen atoms in total. The van der Waals surface area contributed by atoms with Crippen LogP contribution in [-0.2, 0) is 0 Å². The van der Waals surface area contributed by atoms with Crippen LogP contribution < -0.4 is 4.74 Å². The summed E-state index contributed by atoms with van der Waals surface area (Å²) in [5.41, 5.74) is 0.222. The van der Waals surface area contributed by atoms with Gasteiger partial charge in [-0.25, -0.2) is 4.79 Å². The van der Waals surface area contributed by atoms with Crippen molar-refractivity contribution in [2.75, 3.05) is 0 Å². The van der Waals surface area contributed by atoms with Crippen LogP contribution >= 0.6 is 0 Å². The Bertz CT molecular complexity index is 306. The summed E-state index contributed by atoms with van der Waals surface area (Å²) < 4.78 is 4.32. The van der Waals surface area contributed by atoms with Crippen LogP contribution in [0.3, 0.4) is 0 Å². The van der Waals surface area contributed by atoms with E-state index in [1.165, 1.54) is 12.1 Å². The molecule has 1 aromatic carbocycles. The Kier molecular flexibility index (Phi) is 2.42. The van der Waals surface area contributed by atoms with Gasteiger partial charge in [-0.1, -0.05) is 12.1 Å². The highest BCUT2D eigenvalue weighted by atomic mass is 16.7. The molecule has 0 aliphatic heterocycles. The molecule has 0 bridgehead atoms. The van der Waals surface area contributed by atoms with E-state index in [9.17, 15) is 9.59 Å². The zero-order valence-electron chi connectivity index (χ0n) is 6.06. The second-order valence-electron chi connectivity index (χ2n) is 2.02. The summed E-state index contributed by atoms with van der Waals surface area (Å²) in [4.78, 5) is 20.4. The SMILES string of the molecule is O=Cc1ccccc1OC(=O)O. The molecule has 0 saturated carbocycles. The molecule has 4 heteroatoms. The highest BCUT2D eigenvalue weighted by Gasteiger charge is 2.04. The summed E-state index contributed by atoms with van der Waals surface area (Å²) in [5, 5.41) is 8.25. The zero-order valence-corrected chi connectivity index (χ0v) is 6.06. The molecule has 0 saturated heterocycles. The quantitative estimate of drug-likeness (QED) is 0.411. The van der Waals surface area contributed by atoms with Crippen molar-refractivity contribution in [2.24, 2.45) is 0 Å². The second kappa shape index (κ2) is 3.52. The number of carboxylic acid groups (broad SMARTS) is 1. The van der Waals surface area contributed by atoms with Crippen LogP contribution in [0, 0.1) is 0 Å². The number of ether oxygens (including phenoxy) is 1. The Hall–Kier alpha value is -1.84. The fourth-order valence-electron chi connectivity index (χ4n) is 0.765. The van der Waals surface area contributed by atoms with Gasteiger partial charge in [0.15, 0.2) is 6.29 Å². The van der Waals surface area contributed by atoms with Crippen LogP contribution in [0.5, 0.6) is 5.75 Å². The third-order valence-electron chi connectivity index (χ3n) is 1.24. The molecular weight excluding hydrogens is 160 g/mol. The van der Waals surface area contributed by atoms with Gasteiger partial charge in [-0.15, -0.1) is 0 Å². The Labute approximate surface area is 68.4 Å². The third kappa shape index (κ3) is 1.82. The minimum Gasteiger partial charge on any atom is -0.449 e. The Morgan fingerprint density at radius 3 is 2.67 bits per heavy atom. The number of benzene rings is 1. The largest absolute Gasteiger partial charge is 0.511 e. The predicted molar refractivity (Wildman–Crippen MR) is 40.5 cm³/mol. The number of hydrogen-bond donors (Lipinski definition) is 1. The van der Waals surface area contributed by atoms with Gasteiger partial charge in [-0.05, 0) is 12.1 Å². The fraction of sp³-hybridized carbons (Fsp3) is 0. The van der Waals surface area contributed by atoms with E-state index in [1.54, 1.807) is 12.1 Å². The van der Waals surface area contributed by atoms with Crippen LogP contribution in [0.15, 0.2) is 24.3 Å². The smallest absolute Gasteiger partial charge is 0.449 e. The molecule has 0 fully saturated rings. The molecule has 1 rings (SSSR count). The summed E-state index contributed by atoms with van der Waals surface area (Å²) in [7, 11) is 0. The average molecular weight is 166 g/mol. The molecule has 0 unspecified atom stereocenters. The molecule has 0 aliphatic rings. The standard InChI is InChI=1S/C8H6O4/c9-5-6-3-1-2-4-7(6)12-8(10)11/h1-5H,(H,10,11). The van der Waals surface area contributed by atoms with Gasteiger partial charge < -0.3 is 9.84 Å². The average Bonchev–Trinajstić information content (AvgIpc) is 2.04. The van der Waals surface area contributed by atoms with E-state index in [1.807, 2.05) is 0 Å². The van der Waals surface area contributed by atoms with Gasteiger partial charge in [-0.2, -0.15) is 0 Å². The number of hydrogen-bond acceptors (Lipinski definition) is 3. The Balaban J connectivity index is 2.96. The normalized spacial score (nSPS) is 9.00. The van der Waals surface area contributed by atoms with Crippen LogP contribution in [0.25, 0.3) is 0 Å². The lowest BCUT2D eigenvalue weighted by molar-refractivity contribution is 0.111. The lowest BCUT2D eigenvalue weighted by Crippen LogP contribution is -2.04. The minimum absolute atomic E-state index is 0.0556. The van der Waals surface area contributed by atoms with Gasteiger partial charge in [-0.3, -0.25) is 4.79 Å². The number of carbonyl (C=O) groups excluding carboxylic acids is 1. The molecule has 62 valence electrons. The van der Waals surface area contributed by atoms with E-state index in [2.05, 4.69) is 4.74 Å². The van der Waals surface area contributed by atoms with Crippen molar-refractivity contribution in [3.63, 3.8) is 0 Å². The molecule has 0 radical (unpaired) electrons. The number of rotatable bonds is 2. The Morgan fingerprint density at radius 2 is 2.08 bits per heavy atom. The maximum atomic E-state index is 10.3. The van der Waals surface area contributed by atoms with Gasteiger partial charge in [0.25, 0.3) is 0 Å². The lowest BCUT2D eigenvalue weighted by atomic mass is 10.2. The first-order chi connectivity index (χ1) is 5.74. The van der Waals surface area contributed by atoms with E-state index < -0.39 is 6.16 Å². The molecule has 0 heterocycles. The molecule has 1 aromatic rings. The number of aldehydes is 1. The van der Waals surface area contributed by atoms with E-state index in [0.29, 0.717) is 6.29 Å². The summed E-state index contributed by atoms with van der Waals surface area (Å²) >= 11 is 0. The first-order valence-electron chi connectivity index (χ1n) is 3.19. The first kappa shape index (κ1) is 8.26. The first-order valence-corrected chi connectivity index (χ1v) is 3.19. The summed E-state index contributed by atoms with van der Waals surface area (Å²) in [6, 6.07) is 6.10. The van der Waals surface area contributed by atoms with Crippen LogP contribution in [0.4, 0.5) is 4.79 Å². The van der Waals surface area contributed by atoms with E-state index in [4.69, 9.17) is 5.11 Å². The third-order valence-corrected chi connectivity index (χ3v) is 1.24. The topological polar surface area (TPSA) is 63.6 Å². The van der Waals surface area contributed by atoms with Crippen molar-refractivity contribution < 1.29 is 19.4 Å². The molecular formula is C8H6O4. The van der Waals surface area contributed by atoms with Crippen LogP contribution in [0.2, 0.25) is 0 Å². The van der Waals surface area contributed by atoms with Crippen LogP contribution in [-0.4, -0.2) is 17.5 Å². The molecule has 0 spiro atoms. The molecule has 0 aromatic heterocycles. The lowest BCUT2D eigenvalue weighted by Gasteiger charge is -2.00. The summed E-state index contributed by atoms with van der Waals surface area (Å²) in [6.07, 6.45) is -0.887. The zero-order chi connectivity index (χ0) is 8.97. The van der Waals surface area contributed by atoms with Gasteiger partial charge in [0.05, 0.1) is 5.56 Å². The van der Waals surface area contributed by atoms with Crippen molar-refractivity contribution in [3.8, 4) is 5.75 Å². The predicted octanol–water partition coefficient (Wildman–Crippen LogP) is 1.56. The van der Waals surface area contributed by atoms with E-state index >= 15 is 0 Å². The molecule has 0 amide bonds. The molecule has 12 heavy (non-hydrogen) atoms. The number of carbonyl (C=O) groups is 2. The van der Waals surface area contributed by atoms with Crippen molar-refractivity contribution >= 4 is 12.4 Å². The van der Waals surface area contributed by atoms with Crippen molar-refractivity contribution in [2.45, 2.75) is 0 Å². The summed E-state index contributed by atoms with van der Waals surface area (Å²) in [6.45, 7) is 0. The molecule has 0 atom stereocenters. The van der Waals surface area contributed by atoms with Crippen molar-refractivity contribution in [1.82, 2.24) is 0 Å². The van der Waals surface area contributed by atoms with E-state index in [0.717, 1.165) is 0 Å². The highest BCUT2D eigenvalue weighted by molar-refractivity contribution is 5.80. The van der Waals surface area contributed by atoms with Gasteiger partial charge in [0.2, 0.25) is 0 Å². The van der Waals surface area contributed by atoms with Crippen LogP contribution in [0.1, 0.15) is 10.4 Å². The monoisotopic (exact) mass is 166 g/mol. The van der Waals surface area contributed by atoms with Crippen molar-refractivity contribution in [1.29, 1.82) is 0 Å². The maximum absolute atomic E-state index is 10.3. The van der Waals surface area contributed by atoms with Gasteiger partial charge >= 0.3 is 6.16 Å². The maximum Gasteiger partial charge on any atom is 0.511 e. The van der Waals surface area contributed by atoms with Gasteiger partial charge in [0.1, 0.15) is 5.75 Å². The summed E-state index contributed by atoms with van der Waals surface area (Å²) in [5.74, 6) is 0.0556. The second-order valence-corrected chi connectivity index (χ2v) is 2.02. The Morgan fingerprint density at radius 1 is 1.42 bits per heavy atom. The molecule has 0 aliphatic carbocycles. The highest BCUT2D eigenvalue weighted by Crippen LogP contribution is 2.15. The van der Waals surface area contributed by atoms with E-state index in [-0.39, 0.29) is 11.3 Å². The van der Waals surface area contributed by atoms with Gasteiger partial charge in [0, 0.05) is 0 Å². The fourth-order valence-corrected chi connectivity index (χ4v) is 0.765. The molecule has 1 N–H and O–H groups in total. The minimum atomic E-state index is -1.43. The number of para-hydroxylation sites is 1. The van der Waals surface area contributed by atoms with Crippen molar-refractivity contribution in [3.05, 3.63) is 29.8 Å².